The minimum absolute atomic E-state index is 0.581. The summed E-state index contributed by atoms with van der Waals surface area (Å²) in [6, 6.07) is 0.581. The van der Waals surface area contributed by atoms with Crippen molar-refractivity contribution >= 4 is 0 Å². The molecular formula is C12H25NO. The Kier molecular flexibility index (Phi) is 5.49. The molecule has 0 spiro atoms. The molecule has 0 amide bonds. The van der Waals surface area contributed by atoms with E-state index in [1.54, 1.807) is 7.11 Å². The highest BCUT2D eigenvalue weighted by atomic mass is 16.5. The minimum atomic E-state index is 0.581. The van der Waals surface area contributed by atoms with E-state index in [2.05, 4.69) is 19.2 Å². The highest BCUT2D eigenvalue weighted by Crippen LogP contribution is 2.33. The van der Waals surface area contributed by atoms with Gasteiger partial charge in [-0.25, -0.2) is 0 Å². The molecule has 1 N–H and O–H groups in total. The molecule has 3 atom stereocenters. The quantitative estimate of drug-likeness (QED) is 0.709. The van der Waals surface area contributed by atoms with Crippen LogP contribution in [0.1, 0.15) is 39.5 Å². The zero-order chi connectivity index (χ0) is 10.4. The Hall–Kier alpha value is -0.0800. The van der Waals surface area contributed by atoms with Crippen molar-refractivity contribution in [3.05, 3.63) is 0 Å². The lowest BCUT2D eigenvalue weighted by molar-refractivity contribution is 0.129. The largest absolute Gasteiger partial charge is 0.383 e. The lowest BCUT2D eigenvalue weighted by Crippen LogP contribution is -2.41. The van der Waals surface area contributed by atoms with Crippen LogP contribution in [0.25, 0.3) is 0 Å². The second-order valence-corrected chi connectivity index (χ2v) is 4.59. The zero-order valence-electron chi connectivity index (χ0n) is 9.88. The highest BCUT2D eigenvalue weighted by molar-refractivity contribution is 4.84. The molecule has 0 bridgehead atoms. The fraction of sp³-hybridized carbons (Fsp3) is 1.00. The van der Waals surface area contributed by atoms with Crippen LogP contribution in [0, 0.1) is 11.8 Å². The van der Waals surface area contributed by atoms with Gasteiger partial charge in [0.05, 0.1) is 6.61 Å². The number of rotatable bonds is 6. The molecule has 0 aromatic rings. The summed E-state index contributed by atoms with van der Waals surface area (Å²) in [5, 5.41) is 3.62. The first kappa shape index (κ1) is 12.0. The molecule has 3 unspecified atom stereocenters. The summed E-state index contributed by atoms with van der Waals surface area (Å²) in [4.78, 5) is 0. The van der Waals surface area contributed by atoms with E-state index in [0.29, 0.717) is 6.04 Å². The van der Waals surface area contributed by atoms with E-state index >= 15 is 0 Å². The zero-order valence-corrected chi connectivity index (χ0v) is 9.88. The number of hydrogen-bond donors (Lipinski definition) is 1. The van der Waals surface area contributed by atoms with Gasteiger partial charge in [0.2, 0.25) is 0 Å². The van der Waals surface area contributed by atoms with Crippen LogP contribution < -0.4 is 5.32 Å². The van der Waals surface area contributed by atoms with Crippen molar-refractivity contribution in [2.24, 2.45) is 11.8 Å². The van der Waals surface area contributed by atoms with Crippen LogP contribution >= 0.6 is 0 Å². The van der Waals surface area contributed by atoms with Crippen LogP contribution in [0.2, 0.25) is 0 Å². The van der Waals surface area contributed by atoms with E-state index in [1.165, 1.54) is 25.7 Å². The van der Waals surface area contributed by atoms with Gasteiger partial charge in [0.1, 0.15) is 0 Å². The van der Waals surface area contributed by atoms with Crippen LogP contribution in [-0.4, -0.2) is 26.3 Å². The standard InChI is InChI=1S/C12H25NO/c1-4-8-13-12(9-14-3)11-7-5-6-10(11)2/h10-13H,4-9H2,1-3H3. The van der Waals surface area contributed by atoms with Crippen LogP contribution in [0.5, 0.6) is 0 Å². The van der Waals surface area contributed by atoms with E-state index < -0.39 is 0 Å². The molecule has 2 heteroatoms. The van der Waals surface area contributed by atoms with E-state index in [0.717, 1.165) is 25.0 Å². The summed E-state index contributed by atoms with van der Waals surface area (Å²) in [5.41, 5.74) is 0. The first-order valence-corrected chi connectivity index (χ1v) is 6.02. The number of ether oxygens (including phenoxy) is 1. The van der Waals surface area contributed by atoms with E-state index in [4.69, 9.17) is 4.74 Å². The van der Waals surface area contributed by atoms with Crippen molar-refractivity contribution in [3.63, 3.8) is 0 Å². The second-order valence-electron chi connectivity index (χ2n) is 4.59. The van der Waals surface area contributed by atoms with Crippen LogP contribution in [-0.2, 0) is 4.74 Å². The van der Waals surface area contributed by atoms with Crippen molar-refractivity contribution in [1.82, 2.24) is 5.32 Å². The predicted octanol–water partition coefficient (Wildman–Crippen LogP) is 2.44. The molecule has 1 aliphatic rings. The Morgan fingerprint density at radius 2 is 2.21 bits per heavy atom. The number of methoxy groups -OCH3 is 1. The molecule has 1 aliphatic carbocycles. The smallest absolute Gasteiger partial charge is 0.0618 e. The summed E-state index contributed by atoms with van der Waals surface area (Å²) in [6.07, 6.45) is 5.39. The molecule has 0 heterocycles. The maximum atomic E-state index is 5.30. The SMILES string of the molecule is CCCNC(COC)C1CCCC1C. The average Bonchev–Trinajstić information content (AvgIpc) is 2.59. The fourth-order valence-corrected chi connectivity index (χ4v) is 2.62. The maximum Gasteiger partial charge on any atom is 0.0618 e. The molecule has 14 heavy (non-hydrogen) atoms. The molecule has 1 fully saturated rings. The van der Waals surface area contributed by atoms with Crippen molar-refractivity contribution < 1.29 is 4.74 Å². The van der Waals surface area contributed by atoms with E-state index in [-0.39, 0.29) is 0 Å². The summed E-state index contributed by atoms with van der Waals surface area (Å²) >= 11 is 0. The van der Waals surface area contributed by atoms with Gasteiger partial charge in [0, 0.05) is 13.2 Å². The third kappa shape index (κ3) is 3.25. The molecular weight excluding hydrogens is 174 g/mol. The lowest BCUT2D eigenvalue weighted by atomic mass is 9.90. The topological polar surface area (TPSA) is 21.3 Å². The van der Waals surface area contributed by atoms with Gasteiger partial charge in [0.15, 0.2) is 0 Å². The monoisotopic (exact) mass is 199 g/mol. The van der Waals surface area contributed by atoms with Gasteiger partial charge in [-0.15, -0.1) is 0 Å². The van der Waals surface area contributed by atoms with Crippen molar-refractivity contribution in [1.29, 1.82) is 0 Å². The normalized spacial score (nSPS) is 29.4. The molecule has 1 saturated carbocycles. The van der Waals surface area contributed by atoms with E-state index in [1.807, 2.05) is 0 Å². The Morgan fingerprint density at radius 1 is 1.43 bits per heavy atom. The van der Waals surface area contributed by atoms with Gasteiger partial charge in [0.25, 0.3) is 0 Å². The van der Waals surface area contributed by atoms with Gasteiger partial charge < -0.3 is 10.1 Å². The Morgan fingerprint density at radius 3 is 2.71 bits per heavy atom. The third-order valence-corrected chi connectivity index (χ3v) is 3.45. The molecule has 1 rings (SSSR count). The van der Waals surface area contributed by atoms with Crippen LogP contribution in [0.15, 0.2) is 0 Å². The second kappa shape index (κ2) is 6.41. The highest BCUT2D eigenvalue weighted by Gasteiger charge is 2.30. The third-order valence-electron chi connectivity index (χ3n) is 3.45. The number of nitrogens with one attached hydrogen (secondary N) is 1. The molecule has 0 aliphatic heterocycles. The summed E-state index contributed by atoms with van der Waals surface area (Å²) in [6.45, 7) is 6.59. The van der Waals surface area contributed by atoms with Gasteiger partial charge >= 0.3 is 0 Å². The molecule has 0 aromatic heterocycles. The van der Waals surface area contributed by atoms with Gasteiger partial charge in [-0.05, 0) is 31.2 Å². The minimum Gasteiger partial charge on any atom is -0.383 e. The summed E-state index contributed by atoms with van der Waals surface area (Å²) in [5.74, 6) is 1.71. The van der Waals surface area contributed by atoms with Crippen molar-refractivity contribution in [2.75, 3.05) is 20.3 Å². The number of hydrogen-bond acceptors (Lipinski definition) is 2. The van der Waals surface area contributed by atoms with Crippen LogP contribution in [0.3, 0.4) is 0 Å². The Bertz CT molecular complexity index is 149. The fourth-order valence-electron chi connectivity index (χ4n) is 2.62. The average molecular weight is 199 g/mol. The summed E-state index contributed by atoms with van der Waals surface area (Å²) in [7, 11) is 1.81. The Labute approximate surface area is 88.4 Å². The van der Waals surface area contributed by atoms with Gasteiger partial charge in [-0.2, -0.15) is 0 Å². The molecule has 84 valence electrons. The maximum absolute atomic E-state index is 5.30. The molecule has 0 radical (unpaired) electrons. The Balaban J connectivity index is 2.39. The lowest BCUT2D eigenvalue weighted by Gasteiger charge is -2.27. The molecule has 0 saturated heterocycles. The molecule has 2 nitrogen and oxygen atoms in total. The summed E-state index contributed by atoms with van der Waals surface area (Å²) < 4.78 is 5.30. The predicted molar refractivity (Wildman–Crippen MR) is 60.5 cm³/mol. The van der Waals surface area contributed by atoms with Crippen molar-refractivity contribution in [3.8, 4) is 0 Å². The first-order valence-electron chi connectivity index (χ1n) is 6.02. The molecule has 0 aromatic carbocycles. The van der Waals surface area contributed by atoms with Gasteiger partial charge in [-0.1, -0.05) is 26.7 Å². The van der Waals surface area contributed by atoms with Gasteiger partial charge in [-0.3, -0.25) is 0 Å². The first-order chi connectivity index (χ1) is 6.79. The van der Waals surface area contributed by atoms with Crippen molar-refractivity contribution in [2.45, 2.75) is 45.6 Å². The van der Waals surface area contributed by atoms with E-state index in [9.17, 15) is 0 Å². The van der Waals surface area contributed by atoms with Crippen LogP contribution in [0.4, 0.5) is 0 Å².